The van der Waals surface area contributed by atoms with Crippen LogP contribution in [0, 0.1) is 0 Å². The summed E-state index contributed by atoms with van der Waals surface area (Å²) in [5.74, 6) is 0. The van der Waals surface area contributed by atoms with Gasteiger partial charge in [-0.05, 0) is 6.07 Å². The number of hydrogen-bond acceptors (Lipinski definition) is 2. The van der Waals surface area contributed by atoms with Gasteiger partial charge in [-0.1, -0.05) is 38.9 Å². The minimum absolute atomic E-state index is 0.112. The Labute approximate surface area is 87.0 Å². The molecule has 0 amide bonds. The van der Waals surface area contributed by atoms with E-state index >= 15 is 0 Å². The average Bonchev–Trinajstić information content (AvgIpc) is 2.70. The summed E-state index contributed by atoms with van der Waals surface area (Å²) >= 11 is 0. The zero-order valence-electron chi connectivity index (χ0n) is 9.34. The molecule has 1 N–H and O–H groups in total. The van der Waals surface area contributed by atoms with Crippen LogP contribution in [-0.2, 0) is 6.61 Å². The summed E-state index contributed by atoms with van der Waals surface area (Å²) in [7, 11) is -1.43. The highest BCUT2D eigenvalue weighted by Crippen LogP contribution is 2.22. The monoisotopic (exact) mass is 212 g/mol. The predicted molar refractivity (Wildman–Crippen MR) is 61.5 cm³/mol. The van der Waals surface area contributed by atoms with E-state index < -0.39 is 8.07 Å². The number of rotatable bonds is 5. The number of aliphatic hydroxyl groups is 1. The van der Waals surface area contributed by atoms with Gasteiger partial charge in [0.15, 0.2) is 0 Å². The van der Waals surface area contributed by atoms with Crippen LogP contribution in [0.2, 0.25) is 18.1 Å². The molecule has 0 saturated carbocycles. The maximum Gasteiger partial charge on any atom is 0.132 e. The lowest BCUT2D eigenvalue weighted by Crippen LogP contribution is -2.46. The second-order valence-corrected chi connectivity index (χ2v) is 8.91. The number of hydrogen-bond donors (Lipinski definition) is 1. The van der Waals surface area contributed by atoms with E-state index in [-0.39, 0.29) is 6.61 Å². The van der Waals surface area contributed by atoms with Gasteiger partial charge in [0.25, 0.3) is 0 Å². The Bertz CT molecular complexity index is 268. The van der Waals surface area contributed by atoms with Gasteiger partial charge in [-0.3, -0.25) is 0 Å². The van der Waals surface area contributed by atoms with Crippen molar-refractivity contribution in [1.29, 1.82) is 0 Å². The topological polar surface area (TPSA) is 33.4 Å². The minimum atomic E-state index is -1.43. The van der Waals surface area contributed by atoms with Crippen LogP contribution in [0.3, 0.4) is 0 Å². The predicted octanol–water partition coefficient (Wildman–Crippen LogP) is 2.49. The fraction of sp³-hybridized carbons (Fsp3) is 0.636. The Morgan fingerprint density at radius 3 is 2.21 bits per heavy atom. The molecule has 0 fully saturated rings. The minimum Gasteiger partial charge on any atom is -0.474 e. The van der Waals surface area contributed by atoms with Crippen molar-refractivity contribution < 1.29 is 9.52 Å². The Kier molecular flexibility index (Phi) is 3.95. The van der Waals surface area contributed by atoms with E-state index in [4.69, 9.17) is 4.42 Å². The molecule has 2 nitrogen and oxygen atoms in total. The second kappa shape index (κ2) is 4.80. The first-order chi connectivity index (χ1) is 6.74. The van der Waals surface area contributed by atoms with Crippen LogP contribution in [0.1, 0.15) is 26.3 Å². The van der Waals surface area contributed by atoms with Gasteiger partial charge < -0.3 is 9.52 Å². The highest BCUT2D eigenvalue weighted by molar-refractivity contribution is 6.91. The lowest BCUT2D eigenvalue weighted by atomic mass is 10.4. The van der Waals surface area contributed by atoms with E-state index in [1.807, 2.05) is 6.07 Å². The van der Waals surface area contributed by atoms with Gasteiger partial charge in [0, 0.05) is 5.56 Å². The Hall–Kier alpha value is -0.543. The maximum absolute atomic E-state index is 9.22. The third-order valence-electron chi connectivity index (χ3n) is 3.43. The Morgan fingerprint density at radius 1 is 1.21 bits per heavy atom. The molecule has 0 atom stereocenters. The average molecular weight is 212 g/mol. The molecule has 0 aliphatic carbocycles. The fourth-order valence-electron chi connectivity index (χ4n) is 2.16. The number of furan rings is 1. The van der Waals surface area contributed by atoms with Crippen molar-refractivity contribution in [3.8, 4) is 0 Å². The van der Waals surface area contributed by atoms with E-state index in [1.54, 1.807) is 6.26 Å². The normalized spacial score (nSPS) is 12.0. The molecule has 1 heterocycles. The highest BCUT2D eigenvalue weighted by atomic mass is 28.3. The highest BCUT2D eigenvalue weighted by Gasteiger charge is 2.34. The third kappa shape index (κ3) is 1.79. The first-order valence-corrected chi connectivity index (χ1v) is 8.03. The SMILES string of the molecule is CC[Si](CC)(CC)c1occc1CO. The standard InChI is InChI=1S/C11H20O2Si/c1-4-14(5-2,6-3)11-10(9-12)7-8-13-11/h7-8,12H,4-6,9H2,1-3H3. The summed E-state index contributed by atoms with van der Waals surface area (Å²) in [6, 6.07) is 5.49. The van der Waals surface area contributed by atoms with Crippen LogP contribution in [0.25, 0.3) is 0 Å². The van der Waals surface area contributed by atoms with Gasteiger partial charge in [0.2, 0.25) is 0 Å². The smallest absolute Gasteiger partial charge is 0.132 e. The molecule has 0 radical (unpaired) electrons. The van der Waals surface area contributed by atoms with E-state index in [9.17, 15) is 5.11 Å². The molecular formula is C11H20O2Si. The summed E-state index contributed by atoms with van der Waals surface area (Å²) in [6.07, 6.45) is 1.71. The fourth-order valence-corrected chi connectivity index (χ4v) is 5.78. The van der Waals surface area contributed by atoms with Crippen LogP contribution in [0.4, 0.5) is 0 Å². The van der Waals surface area contributed by atoms with Crippen molar-refractivity contribution in [3.05, 3.63) is 17.9 Å². The summed E-state index contributed by atoms with van der Waals surface area (Å²) in [4.78, 5) is 0. The molecule has 80 valence electrons. The quantitative estimate of drug-likeness (QED) is 0.761. The molecule has 0 aromatic carbocycles. The van der Waals surface area contributed by atoms with Gasteiger partial charge in [0.1, 0.15) is 8.07 Å². The van der Waals surface area contributed by atoms with Crippen LogP contribution in [0.15, 0.2) is 16.7 Å². The molecule has 0 bridgehead atoms. The van der Waals surface area contributed by atoms with Gasteiger partial charge in [-0.2, -0.15) is 0 Å². The van der Waals surface area contributed by atoms with E-state index in [0.29, 0.717) is 0 Å². The molecule has 1 aromatic rings. The van der Waals surface area contributed by atoms with Crippen molar-refractivity contribution >= 4 is 13.5 Å². The summed E-state index contributed by atoms with van der Waals surface area (Å²) in [5, 5.41) is 10.3. The molecule has 3 heteroatoms. The van der Waals surface area contributed by atoms with Gasteiger partial charge in [-0.15, -0.1) is 0 Å². The summed E-state index contributed by atoms with van der Waals surface area (Å²) in [5.41, 5.74) is 1.00. The van der Waals surface area contributed by atoms with Gasteiger partial charge in [-0.25, -0.2) is 0 Å². The molecule has 14 heavy (non-hydrogen) atoms. The molecule has 0 unspecified atom stereocenters. The molecule has 0 saturated heterocycles. The Balaban J connectivity index is 3.09. The lowest BCUT2D eigenvalue weighted by Gasteiger charge is -2.26. The van der Waals surface area contributed by atoms with E-state index in [0.717, 1.165) is 10.9 Å². The third-order valence-corrected chi connectivity index (χ3v) is 8.89. The molecule has 0 aliphatic heterocycles. The van der Waals surface area contributed by atoms with Crippen molar-refractivity contribution in [1.82, 2.24) is 0 Å². The van der Waals surface area contributed by atoms with E-state index in [2.05, 4.69) is 20.8 Å². The number of aliphatic hydroxyl groups excluding tert-OH is 1. The first kappa shape index (κ1) is 11.5. The van der Waals surface area contributed by atoms with Crippen molar-refractivity contribution in [2.45, 2.75) is 45.5 Å². The van der Waals surface area contributed by atoms with Crippen LogP contribution in [0.5, 0.6) is 0 Å². The maximum atomic E-state index is 9.22. The largest absolute Gasteiger partial charge is 0.474 e. The Morgan fingerprint density at radius 2 is 1.79 bits per heavy atom. The molecule has 0 aliphatic rings. The zero-order valence-corrected chi connectivity index (χ0v) is 10.3. The summed E-state index contributed by atoms with van der Waals surface area (Å²) < 4.78 is 5.60. The van der Waals surface area contributed by atoms with Crippen LogP contribution >= 0.6 is 0 Å². The summed E-state index contributed by atoms with van der Waals surface area (Å²) in [6.45, 7) is 6.83. The van der Waals surface area contributed by atoms with Crippen LogP contribution in [-0.4, -0.2) is 13.2 Å². The molecule has 1 aromatic heterocycles. The zero-order chi connectivity index (χ0) is 10.6. The lowest BCUT2D eigenvalue weighted by molar-refractivity contribution is 0.282. The van der Waals surface area contributed by atoms with E-state index in [1.165, 1.54) is 18.1 Å². The molecular weight excluding hydrogens is 192 g/mol. The van der Waals surface area contributed by atoms with Gasteiger partial charge >= 0.3 is 0 Å². The molecule has 1 rings (SSSR count). The second-order valence-electron chi connectivity index (χ2n) is 3.77. The van der Waals surface area contributed by atoms with Crippen molar-refractivity contribution in [2.75, 3.05) is 0 Å². The van der Waals surface area contributed by atoms with Crippen LogP contribution < -0.4 is 5.38 Å². The van der Waals surface area contributed by atoms with Crippen molar-refractivity contribution in [3.63, 3.8) is 0 Å². The molecule has 0 spiro atoms. The first-order valence-electron chi connectivity index (χ1n) is 5.41. The van der Waals surface area contributed by atoms with Gasteiger partial charge in [0.05, 0.1) is 18.3 Å². The van der Waals surface area contributed by atoms with Crippen molar-refractivity contribution in [2.24, 2.45) is 0 Å².